The third-order valence-electron chi connectivity index (χ3n) is 7.54. The Bertz CT molecular complexity index is 1810. The third-order valence-corrected chi connectivity index (χ3v) is 10.6. The highest BCUT2D eigenvalue weighted by atomic mass is 35.5. The number of carbonyl (C=O) groups excluding carboxylic acids is 2. The summed E-state index contributed by atoms with van der Waals surface area (Å²) >= 11 is 25.2. The summed E-state index contributed by atoms with van der Waals surface area (Å²) in [5.74, 6) is -1.01. The number of unbranched alkanes of at least 4 members (excludes halogenated alkanes) is 1. The number of amides is 2. The fourth-order valence-corrected chi connectivity index (χ4v) is 7.07. The van der Waals surface area contributed by atoms with Crippen molar-refractivity contribution in [3.8, 4) is 0 Å². The molecule has 0 aliphatic rings. The first-order valence-corrected chi connectivity index (χ1v) is 18.0. The van der Waals surface area contributed by atoms with Gasteiger partial charge in [-0.2, -0.15) is 0 Å². The Balaban J connectivity index is 1.83. The molecule has 0 heterocycles. The summed E-state index contributed by atoms with van der Waals surface area (Å²) in [7, 11) is -4.30. The van der Waals surface area contributed by atoms with Crippen LogP contribution >= 0.6 is 46.4 Å². The number of benzene rings is 4. The van der Waals surface area contributed by atoms with E-state index in [1.54, 1.807) is 30.3 Å². The van der Waals surface area contributed by atoms with Gasteiger partial charge in [-0.3, -0.25) is 13.9 Å². The smallest absolute Gasteiger partial charge is 0.264 e. The lowest BCUT2D eigenvalue weighted by molar-refractivity contribution is -0.140. The van der Waals surface area contributed by atoms with Gasteiger partial charge < -0.3 is 10.2 Å². The Hall–Kier alpha value is -3.27. The number of anilines is 1. The van der Waals surface area contributed by atoms with Crippen molar-refractivity contribution >= 4 is 73.9 Å². The van der Waals surface area contributed by atoms with E-state index in [2.05, 4.69) is 5.32 Å². The monoisotopic (exact) mass is 733 g/mol. The molecule has 4 aromatic carbocycles. The third kappa shape index (κ3) is 9.64. The molecule has 4 rings (SSSR count). The van der Waals surface area contributed by atoms with Gasteiger partial charge >= 0.3 is 0 Å². The Morgan fingerprint density at radius 3 is 2.17 bits per heavy atom. The molecule has 1 atom stereocenters. The highest BCUT2D eigenvalue weighted by Crippen LogP contribution is 2.31. The molecule has 1 N–H and O–H groups in total. The van der Waals surface area contributed by atoms with Gasteiger partial charge in [0.25, 0.3) is 10.0 Å². The first-order valence-electron chi connectivity index (χ1n) is 15.0. The minimum atomic E-state index is -4.30. The predicted molar refractivity (Wildman–Crippen MR) is 191 cm³/mol. The highest BCUT2D eigenvalue weighted by Gasteiger charge is 2.35. The van der Waals surface area contributed by atoms with Crippen LogP contribution < -0.4 is 9.62 Å². The van der Waals surface area contributed by atoms with E-state index in [0.29, 0.717) is 22.2 Å². The van der Waals surface area contributed by atoms with Crippen LogP contribution in [0.15, 0.2) is 95.9 Å². The van der Waals surface area contributed by atoms with Crippen molar-refractivity contribution in [1.29, 1.82) is 0 Å². The number of halogens is 4. The van der Waals surface area contributed by atoms with E-state index in [9.17, 15) is 18.0 Å². The van der Waals surface area contributed by atoms with E-state index in [1.807, 2.05) is 44.2 Å². The first-order chi connectivity index (χ1) is 22.4. The zero-order valence-corrected chi connectivity index (χ0v) is 29.8. The molecule has 2 amide bonds. The van der Waals surface area contributed by atoms with E-state index in [0.717, 1.165) is 28.3 Å². The lowest BCUT2D eigenvalue weighted by Crippen LogP contribution is -2.53. The standard InChI is InChI=1S/C35H35Cl4N3O4S/c1-3-4-18-40-35(44)33(19-25-8-6-5-7-9-25)41(22-26-12-13-27(36)20-31(26)38)34(43)23-42(28-14-17-30(37)32(39)21-28)47(45,46)29-15-10-24(2)11-16-29/h5-17,20-21,33H,3-4,18-19,22-23H2,1-2H3,(H,40,44)/t33-/m0/s1. The fraction of sp³-hybridized carbons (Fsp3) is 0.257. The van der Waals surface area contributed by atoms with Crippen molar-refractivity contribution < 1.29 is 18.0 Å². The lowest BCUT2D eigenvalue weighted by atomic mass is 10.0. The molecule has 0 aliphatic heterocycles. The van der Waals surface area contributed by atoms with Crippen molar-refractivity contribution in [2.24, 2.45) is 0 Å². The van der Waals surface area contributed by atoms with E-state index in [4.69, 9.17) is 46.4 Å². The second kappa shape index (κ2) is 16.7. The summed E-state index contributed by atoms with van der Waals surface area (Å²) < 4.78 is 29.3. The Morgan fingerprint density at radius 2 is 1.53 bits per heavy atom. The SMILES string of the molecule is CCCCNC(=O)[C@H](Cc1ccccc1)N(Cc1ccc(Cl)cc1Cl)C(=O)CN(c1ccc(Cl)c(Cl)c1)S(=O)(=O)c1ccc(C)cc1. The number of aryl methyl sites for hydroxylation is 1. The van der Waals surface area contributed by atoms with Gasteiger partial charge in [-0.25, -0.2) is 8.42 Å². The molecular weight excluding hydrogens is 700 g/mol. The molecule has 7 nitrogen and oxygen atoms in total. The molecule has 4 aromatic rings. The van der Waals surface area contributed by atoms with Crippen molar-refractivity contribution in [2.45, 2.75) is 50.6 Å². The van der Waals surface area contributed by atoms with Crippen LogP contribution in [0.5, 0.6) is 0 Å². The van der Waals surface area contributed by atoms with E-state index < -0.39 is 28.5 Å². The lowest BCUT2D eigenvalue weighted by Gasteiger charge is -2.34. The maximum Gasteiger partial charge on any atom is 0.264 e. The maximum absolute atomic E-state index is 14.6. The molecule has 47 heavy (non-hydrogen) atoms. The molecular formula is C35H35Cl4N3O4S. The van der Waals surface area contributed by atoms with E-state index in [1.165, 1.54) is 35.2 Å². The van der Waals surface area contributed by atoms with Crippen LogP contribution in [0.2, 0.25) is 20.1 Å². The van der Waals surface area contributed by atoms with E-state index >= 15 is 0 Å². The van der Waals surface area contributed by atoms with Gasteiger partial charge in [-0.1, -0.05) is 114 Å². The van der Waals surface area contributed by atoms with E-state index in [-0.39, 0.29) is 39.5 Å². The Labute approximate surface area is 296 Å². The highest BCUT2D eigenvalue weighted by molar-refractivity contribution is 7.92. The first kappa shape index (κ1) is 36.6. The summed E-state index contributed by atoms with van der Waals surface area (Å²) in [6.45, 7) is 3.54. The van der Waals surface area contributed by atoms with Gasteiger partial charge in [0.15, 0.2) is 0 Å². The molecule has 0 radical (unpaired) electrons. The minimum absolute atomic E-state index is 0.0209. The quantitative estimate of drug-likeness (QED) is 0.132. The molecule has 0 aromatic heterocycles. The molecule has 0 spiro atoms. The number of sulfonamides is 1. The van der Waals surface area contributed by atoms with Gasteiger partial charge in [0.1, 0.15) is 12.6 Å². The summed E-state index contributed by atoms with van der Waals surface area (Å²) in [5.41, 5.74) is 2.35. The molecule has 12 heteroatoms. The van der Waals surface area contributed by atoms with Crippen LogP contribution in [-0.4, -0.2) is 44.3 Å². The zero-order valence-electron chi connectivity index (χ0n) is 25.9. The molecule has 0 saturated carbocycles. The zero-order chi connectivity index (χ0) is 34.1. The Kier molecular flexibility index (Phi) is 13.0. The molecule has 0 unspecified atom stereocenters. The Morgan fingerprint density at radius 1 is 0.830 bits per heavy atom. The van der Waals surface area contributed by atoms with Gasteiger partial charge in [0.05, 0.1) is 20.6 Å². The number of rotatable bonds is 14. The van der Waals surface area contributed by atoms with Crippen LogP contribution in [0.25, 0.3) is 0 Å². The maximum atomic E-state index is 14.6. The minimum Gasteiger partial charge on any atom is -0.354 e. The normalized spacial score (nSPS) is 12.0. The second-order valence-electron chi connectivity index (χ2n) is 11.0. The van der Waals surface area contributed by atoms with Crippen LogP contribution in [0.1, 0.15) is 36.5 Å². The number of hydrogen-bond donors (Lipinski definition) is 1. The summed E-state index contributed by atoms with van der Waals surface area (Å²) in [6.07, 6.45) is 1.79. The van der Waals surface area contributed by atoms with Crippen LogP contribution in [0, 0.1) is 6.92 Å². The predicted octanol–water partition coefficient (Wildman–Crippen LogP) is 8.36. The molecule has 0 bridgehead atoms. The van der Waals surface area contributed by atoms with Gasteiger partial charge in [0.2, 0.25) is 11.8 Å². The number of nitrogens with one attached hydrogen (secondary N) is 1. The van der Waals surface area contributed by atoms with Crippen molar-refractivity contribution in [1.82, 2.24) is 10.2 Å². The molecule has 0 aliphatic carbocycles. The summed E-state index contributed by atoms with van der Waals surface area (Å²) in [6, 6.07) is 23.8. The molecule has 248 valence electrons. The van der Waals surface area contributed by atoms with Crippen molar-refractivity contribution in [3.63, 3.8) is 0 Å². The number of nitrogens with zero attached hydrogens (tertiary/aromatic N) is 2. The summed E-state index contributed by atoms with van der Waals surface area (Å²) in [4.78, 5) is 29.8. The fourth-order valence-electron chi connectivity index (χ4n) is 4.90. The van der Waals surface area contributed by atoms with Gasteiger partial charge in [0, 0.05) is 29.6 Å². The molecule has 0 fully saturated rings. The van der Waals surface area contributed by atoms with Gasteiger partial charge in [-0.15, -0.1) is 0 Å². The topological polar surface area (TPSA) is 86.8 Å². The second-order valence-corrected chi connectivity index (χ2v) is 14.6. The van der Waals surface area contributed by atoms with Crippen LogP contribution in [-0.2, 0) is 32.6 Å². The van der Waals surface area contributed by atoms with Crippen LogP contribution in [0.4, 0.5) is 5.69 Å². The van der Waals surface area contributed by atoms with Crippen molar-refractivity contribution in [3.05, 3.63) is 128 Å². The van der Waals surface area contributed by atoms with Crippen molar-refractivity contribution in [2.75, 3.05) is 17.4 Å². The largest absolute Gasteiger partial charge is 0.354 e. The number of hydrogen-bond acceptors (Lipinski definition) is 4. The summed E-state index contributed by atoms with van der Waals surface area (Å²) in [5, 5.41) is 4.00. The number of carbonyl (C=O) groups is 2. The average Bonchev–Trinajstić information content (AvgIpc) is 3.04. The average molecular weight is 736 g/mol. The van der Waals surface area contributed by atoms with Gasteiger partial charge in [-0.05, 0) is 66.9 Å². The molecule has 0 saturated heterocycles. The van der Waals surface area contributed by atoms with Crippen LogP contribution in [0.3, 0.4) is 0 Å².